The van der Waals surface area contributed by atoms with E-state index in [1.165, 1.54) is 0 Å². The third-order valence-electron chi connectivity index (χ3n) is 5.33. The molecule has 31 heavy (non-hydrogen) atoms. The molecule has 1 N–H and O–H groups in total. The van der Waals surface area contributed by atoms with Crippen LogP contribution in [0.1, 0.15) is 28.0 Å². The highest BCUT2D eigenvalue weighted by Gasteiger charge is 2.34. The van der Waals surface area contributed by atoms with Gasteiger partial charge >= 0.3 is 6.18 Å². The van der Waals surface area contributed by atoms with Crippen LogP contribution in [0, 0.1) is 6.92 Å². The third-order valence-corrected chi connectivity index (χ3v) is 5.33. The van der Waals surface area contributed by atoms with Gasteiger partial charge in [-0.1, -0.05) is 48.5 Å². The first-order chi connectivity index (χ1) is 14.8. The molecule has 0 radical (unpaired) electrons. The van der Waals surface area contributed by atoms with E-state index in [0.717, 1.165) is 29.0 Å². The number of hydrogen-bond donors (Lipinski definition) is 1. The van der Waals surface area contributed by atoms with Crippen LogP contribution >= 0.6 is 0 Å². The van der Waals surface area contributed by atoms with Gasteiger partial charge in [-0.05, 0) is 36.1 Å². The van der Waals surface area contributed by atoms with E-state index >= 15 is 0 Å². The molecule has 1 saturated heterocycles. The van der Waals surface area contributed by atoms with E-state index in [-0.39, 0.29) is 17.9 Å². The van der Waals surface area contributed by atoms with E-state index in [1.807, 2.05) is 55.5 Å². The molecule has 5 nitrogen and oxygen atoms in total. The summed E-state index contributed by atoms with van der Waals surface area (Å²) in [6.45, 7) is 2.76. The summed E-state index contributed by atoms with van der Waals surface area (Å²) in [5, 5.41) is 2.93. The Morgan fingerprint density at radius 2 is 1.87 bits per heavy atom. The van der Waals surface area contributed by atoms with Crippen LogP contribution in [0.4, 0.5) is 19.1 Å². The van der Waals surface area contributed by atoms with Crippen molar-refractivity contribution in [3.05, 3.63) is 77.6 Å². The highest BCUT2D eigenvalue weighted by molar-refractivity contribution is 6.02. The Kier molecular flexibility index (Phi) is 5.63. The normalized spacial score (nSPS) is 16.4. The second-order valence-electron chi connectivity index (χ2n) is 7.51. The summed E-state index contributed by atoms with van der Waals surface area (Å²) in [6.07, 6.45) is -2.86. The summed E-state index contributed by atoms with van der Waals surface area (Å²) < 4.78 is 38.6. The first kappa shape index (κ1) is 20.8. The number of nitrogens with one attached hydrogen (secondary N) is 1. The number of carbonyl (C=O) groups is 1. The number of carbonyl (C=O) groups excluding carboxylic acids is 1. The molecule has 160 valence electrons. The summed E-state index contributed by atoms with van der Waals surface area (Å²) in [7, 11) is 0. The van der Waals surface area contributed by atoms with E-state index in [9.17, 15) is 18.0 Å². The minimum Gasteiger partial charge on any atom is -0.350 e. The monoisotopic (exact) mass is 426 g/mol. The maximum atomic E-state index is 13.4. The van der Waals surface area contributed by atoms with Crippen molar-refractivity contribution in [2.75, 3.05) is 18.4 Å². The Balaban J connectivity index is 1.51. The van der Waals surface area contributed by atoms with Crippen molar-refractivity contribution < 1.29 is 18.0 Å². The van der Waals surface area contributed by atoms with Crippen LogP contribution in [0.5, 0.6) is 0 Å². The molecule has 1 amide bonds. The lowest BCUT2D eigenvalue weighted by molar-refractivity contribution is -0.141. The van der Waals surface area contributed by atoms with Crippen LogP contribution < -0.4 is 5.32 Å². The Labute approximate surface area is 178 Å². The number of nitrogens with zero attached hydrogens (tertiary/aromatic N) is 3. The van der Waals surface area contributed by atoms with Crippen LogP contribution in [0.15, 0.2) is 60.8 Å². The number of halogens is 3. The lowest BCUT2D eigenvalue weighted by atomic mass is 9.95. The van der Waals surface area contributed by atoms with Gasteiger partial charge in [0.25, 0.3) is 5.91 Å². The Morgan fingerprint density at radius 3 is 2.61 bits per heavy atom. The molecule has 1 fully saturated rings. The number of rotatable bonds is 4. The fraction of sp³-hybridized carbons (Fsp3) is 0.261. The van der Waals surface area contributed by atoms with Gasteiger partial charge in [-0.25, -0.2) is 9.97 Å². The molecular weight excluding hydrogens is 405 g/mol. The van der Waals surface area contributed by atoms with Crippen molar-refractivity contribution in [1.82, 2.24) is 14.9 Å². The summed E-state index contributed by atoms with van der Waals surface area (Å²) in [6, 6.07) is 16.1. The molecule has 3 aromatic rings. The van der Waals surface area contributed by atoms with Gasteiger partial charge in [0.15, 0.2) is 0 Å². The van der Waals surface area contributed by atoms with Gasteiger partial charge in [-0.15, -0.1) is 0 Å². The lowest BCUT2D eigenvalue weighted by Gasteiger charge is -2.21. The van der Waals surface area contributed by atoms with Crippen molar-refractivity contribution in [3.8, 4) is 11.1 Å². The fourth-order valence-corrected chi connectivity index (χ4v) is 3.80. The maximum Gasteiger partial charge on any atom is 0.433 e. The topological polar surface area (TPSA) is 58.1 Å². The Hall–Kier alpha value is -3.42. The standard InChI is InChI=1S/C23H21F3N4O/c1-15-6-5-9-18(16-7-3-2-4-8-16)20(15)21(31)30-13-11-17(14-30)28-22-27-12-10-19(29-22)23(24,25)26/h2-10,12,17H,11,13-14H2,1H3,(H,27,28,29). The minimum atomic E-state index is -4.53. The van der Waals surface area contributed by atoms with Crippen LogP contribution in [0.2, 0.25) is 0 Å². The largest absolute Gasteiger partial charge is 0.433 e. The average molecular weight is 426 g/mol. The lowest BCUT2D eigenvalue weighted by Crippen LogP contribution is -2.32. The van der Waals surface area contributed by atoms with Gasteiger partial charge in [0.05, 0.1) is 5.56 Å². The predicted octanol–water partition coefficient (Wildman–Crippen LogP) is 4.80. The molecule has 8 heteroatoms. The van der Waals surface area contributed by atoms with Gasteiger partial charge in [0.1, 0.15) is 5.69 Å². The molecular formula is C23H21F3N4O. The molecule has 0 spiro atoms. The first-order valence-corrected chi connectivity index (χ1v) is 9.94. The SMILES string of the molecule is Cc1cccc(-c2ccccc2)c1C(=O)N1CCC(Nc2nccc(C(F)(F)F)n2)C1. The summed E-state index contributed by atoms with van der Waals surface area (Å²) in [4.78, 5) is 22.5. The van der Waals surface area contributed by atoms with Gasteiger partial charge < -0.3 is 10.2 Å². The minimum absolute atomic E-state index is 0.0880. The maximum absolute atomic E-state index is 13.4. The highest BCUT2D eigenvalue weighted by Crippen LogP contribution is 2.30. The van der Waals surface area contributed by atoms with Gasteiger partial charge in [-0.2, -0.15) is 13.2 Å². The predicted molar refractivity (Wildman–Crippen MR) is 112 cm³/mol. The summed E-state index contributed by atoms with van der Waals surface area (Å²) >= 11 is 0. The smallest absolute Gasteiger partial charge is 0.350 e. The molecule has 1 aromatic heterocycles. The second kappa shape index (κ2) is 8.37. The van der Waals surface area contributed by atoms with Crippen molar-refractivity contribution in [2.45, 2.75) is 25.6 Å². The van der Waals surface area contributed by atoms with Crippen LogP contribution in [-0.4, -0.2) is 39.9 Å². The molecule has 0 saturated carbocycles. The first-order valence-electron chi connectivity index (χ1n) is 9.94. The number of alkyl halides is 3. The number of anilines is 1. The van der Waals surface area contributed by atoms with Crippen LogP contribution in [0.3, 0.4) is 0 Å². The summed E-state index contributed by atoms with van der Waals surface area (Å²) in [5.41, 5.74) is 2.35. The second-order valence-corrected chi connectivity index (χ2v) is 7.51. The quantitative estimate of drug-likeness (QED) is 0.651. The van der Waals surface area contributed by atoms with Gasteiger partial charge in [0, 0.05) is 25.3 Å². The molecule has 4 rings (SSSR count). The zero-order chi connectivity index (χ0) is 22.0. The van der Waals surface area contributed by atoms with Gasteiger partial charge in [-0.3, -0.25) is 4.79 Å². The molecule has 1 atom stereocenters. The van der Waals surface area contributed by atoms with Crippen molar-refractivity contribution in [3.63, 3.8) is 0 Å². The van der Waals surface area contributed by atoms with E-state index in [4.69, 9.17) is 0 Å². The molecule has 1 unspecified atom stereocenters. The third kappa shape index (κ3) is 4.52. The highest BCUT2D eigenvalue weighted by atomic mass is 19.4. The molecule has 2 heterocycles. The summed E-state index contributed by atoms with van der Waals surface area (Å²) in [5.74, 6) is -0.179. The molecule has 0 aliphatic carbocycles. The number of amides is 1. The Morgan fingerprint density at radius 1 is 1.10 bits per heavy atom. The molecule has 2 aromatic carbocycles. The number of aryl methyl sites for hydroxylation is 1. The fourth-order valence-electron chi connectivity index (χ4n) is 3.80. The van der Waals surface area contributed by atoms with E-state index in [2.05, 4.69) is 15.3 Å². The van der Waals surface area contributed by atoms with E-state index in [0.29, 0.717) is 25.1 Å². The Bertz CT molecular complexity index is 1090. The van der Waals surface area contributed by atoms with Crippen molar-refractivity contribution in [1.29, 1.82) is 0 Å². The van der Waals surface area contributed by atoms with Crippen LogP contribution in [0.25, 0.3) is 11.1 Å². The van der Waals surface area contributed by atoms with Gasteiger partial charge in [0.2, 0.25) is 5.95 Å². The van der Waals surface area contributed by atoms with Crippen molar-refractivity contribution >= 4 is 11.9 Å². The average Bonchev–Trinajstić information content (AvgIpc) is 3.22. The van der Waals surface area contributed by atoms with E-state index in [1.54, 1.807) is 4.90 Å². The number of hydrogen-bond acceptors (Lipinski definition) is 4. The van der Waals surface area contributed by atoms with Crippen LogP contribution in [-0.2, 0) is 6.18 Å². The molecule has 0 bridgehead atoms. The van der Waals surface area contributed by atoms with E-state index < -0.39 is 11.9 Å². The number of benzene rings is 2. The number of aromatic nitrogens is 2. The zero-order valence-corrected chi connectivity index (χ0v) is 16.9. The van der Waals surface area contributed by atoms with Crippen molar-refractivity contribution in [2.24, 2.45) is 0 Å². The number of likely N-dealkylation sites (tertiary alicyclic amines) is 1. The zero-order valence-electron chi connectivity index (χ0n) is 16.9. The molecule has 1 aliphatic heterocycles. The molecule has 1 aliphatic rings.